The van der Waals surface area contributed by atoms with Gasteiger partial charge in [0.05, 0.1) is 18.6 Å². The monoisotopic (exact) mass is 266 g/mol. The van der Waals surface area contributed by atoms with Crippen LogP contribution < -0.4 is 5.73 Å². The van der Waals surface area contributed by atoms with Crippen LogP contribution in [0.1, 0.15) is 38.5 Å². The van der Waals surface area contributed by atoms with E-state index in [1.807, 2.05) is 0 Å². The maximum Gasteiger partial charge on any atom is 0.221 e. The Hall–Kier alpha value is -0.870. The Bertz CT molecular complexity index is 307. The maximum atomic E-state index is 11.2. The van der Waals surface area contributed by atoms with Crippen LogP contribution in [0.3, 0.4) is 0 Å². The first-order valence-electron chi connectivity index (χ1n) is 7.54. The normalized spacial score (nSPS) is 26.2. The summed E-state index contributed by atoms with van der Waals surface area (Å²) in [6.07, 6.45) is 11.5. The van der Waals surface area contributed by atoms with Crippen LogP contribution in [0.4, 0.5) is 0 Å². The van der Waals surface area contributed by atoms with Crippen LogP contribution in [0.15, 0.2) is 12.2 Å². The fourth-order valence-corrected chi connectivity index (χ4v) is 2.95. The maximum absolute atomic E-state index is 11.2. The zero-order valence-corrected chi connectivity index (χ0v) is 11.7. The van der Waals surface area contributed by atoms with Crippen molar-refractivity contribution in [2.75, 3.05) is 26.2 Å². The molecule has 4 nitrogen and oxygen atoms in total. The minimum Gasteiger partial charge on any atom is -0.377 e. The number of rotatable bonds is 5. The Labute approximate surface area is 116 Å². The van der Waals surface area contributed by atoms with Gasteiger partial charge < -0.3 is 15.4 Å². The van der Waals surface area contributed by atoms with E-state index in [-0.39, 0.29) is 11.8 Å². The molecule has 4 heteroatoms. The lowest BCUT2D eigenvalue weighted by molar-refractivity contribution is -0.123. The van der Waals surface area contributed by atoms with Crippen molar-refractivity contribution in [3.05, 3.63) is 12.2 Å². The number of piperidine rings is 1. The van der Waals surface area contributed by atoms with Crippen molar-refractivity contribution in [2.24, 2.45) is 11.7 Å². The Morgan fingerprint density at radius 2 is 2.00 bits per heavy atom. The van der Waals surface area contributed by atoms with E-state index in [9.17, 15) is 4.79 Å². The molecule has 0 aromatic heterocycles. The van der Waals surface area contributed by atoms with E-state index in [0.29, 0.717) is 6.10 Å². The average Bonchev–Trinajstić information content (AvgIpc) is 2.68. The van der Waals surface area contributed by atoms with E-state index in [1.54, 1.807) is 0 Å². The lowest BCUT2D eigenvalue weighted by Gasteiger charge is -2.31. The summed E-state index contributed by atoms with van der Waals surface area (Å²) in [5.74, 6) is -0.115. The van der Waals surface area contributed by atoms with E-state index in [4.69, 9.17) is 10.5 Å². The number of carbonyl (C=O) groups is 1. The van der Waals surface area contributed by atoms with Crippen LogP contribution in [-0.4, -0.2) is 43.2 Å². The SMILES string of the molecule is NC(=O)C1CCCN(CCOC2CCC=CCC2)C1. The molecule has 1 unspecified atom stereocenters. The van der Waals surface area contributed by atoms with Crippen LogP contribution >= 0.6 is 0 Å². The highest BCUT2D eigenvalue weighted by atomic mass is 16.5. The van der Waals surface area contributed by atoms with Gasteiger partial charge in [-0.1, -0.05) is 12.2 Å². The van der Waals surface area contributed by atoms with Crippen LogP contribution in [0.2, 0.25) is 0 Å². The first kappa shape index (κ1) is 14.5. The van der Waals surface area contributed by atoms with Crippen molar-refractivity contribution in [1.82, 2.24) is 4.90 Å². The third-order valence-corrected chi connectivity index (χ3v) is 4.15. The third kappa shape index (κ3) is 4.96. The van der Waals surface area contributed by atoms with Crippen molar-refractivity contribution in [3.63, 3.8) is 0 Å². The van der Waals surface area contributed by atoms with Crippen LogP contribution in [0.25, 0.3) is 0 Å². The summed E-state index contributed by atoms with van der Waals surface area (Å²) in [6, 6.07) is 0. The fourth-order valence-electron chi connectivity index (χ4n) is 2.95. The van der Waals surface area contributed by atoms with E-state index in [0.717, 1.165) is 64.8 Å². The zero-order valence-electron chi connectivity index (χ0n) is 11.7. The predicted octanol–water partition coefficient (Wildman–Crippen LogP) is 1.70. The van der Waals surface area contributed by atoms with Gasteiger partial charge in [0.15, 0.2) is 0 Å². The molecule has 1 saturated heterocycles. The van der Waals surface area contributed by atoms with Gasteiger partial charge in [0.1, 0.15) is 0 Å². The topological polar surface area (TPSA) is 55.6 Å². The van der Waals surface area contributed by atoms with Gasteiger partial charge in [0.2, 0.25) is 5.91 Å². The largest absolute Gasteiger partial charge is 0.377 e. The molecule has 0 saturated carbocycles. The van der Waals surface area contributed by atoms with Crippen LogP contribution in [-0.2, 0) is 9.53 Å². The predicted molar refractivity (Wildman–Crippen MR) is 75.7 cm³/mol. The van der Waals surface area contributed by atoms with E-state index >= 15 is 0 Å². The number of hydrogen-bond acceptors (Lipinski definition) is 3. The molecule has 2 N–H and O–H groups in total. The van der Waals surface area contributed by atoms with Crippen molar-refractivity contribution in [1.29, 1.82) is 0 Å². The van der Waals surface area contributed by atoms with Gasteiger partial charge in [-0.3, -0.25) is 4.79 Å². The Morgan fingerprint density at radius 1 is 1.26 bits per heavy atom. The molecule has 1 atom stereocenters. The summed E-state index contributed by atoms with van der Waals surface area (Å²) >= 11 is 0. The number of allylic oxidation sites excluding steroid dienone is 2. The fraction of sp³-hybridized carbons (Fsp3) is 0.800. The molecule has 1 aliphatic carbocycles. The molecule has 1 amide bonds. The second kappa shape index (κ2) is 7.65. The molecule has 19 heavy (non-hydrogen) atoms. The second-order valence-corrected chi connectivity index (χ2v) is 5.66. The quantitative estimate of drug-likeness (QED) is 0.771. The highest BCUT2D eigenvalue weighted by Gasteiger charge is 2.23. The molecule has 0 bridgehead atoms. The number of ether oxygens (including phenoxy) is 1. The number of carbonyl (C=O) groups excluding carboxylic acids is 1. The summed E-state index contributed by atoms with van der Waals surface area (Å²) in [7, 11) is 0. The lowest BCUT2D eigenvalue weighted by atomic mass is 9.98. The third-order valence-electron chi connectivity index (χ3n) is 4.15. The molecule has 0 aromatic rings. The van der Waals surface area contributed by atoms with Gasteiger partial charge in [0, 0.05) is 13.1 Å². The van der Waals surface area contributed by atoms with E-state index in [2.05, 4.69) is 17.1 Å². The minimum absolute atomic E-state index is 0.0378. The molecule has 108 valence electrons. The molecular weight excluding hydrogens is 240 g/mol. The van der Waals surface area contributed by atoms with Gasteiger partial charge in [0.25, 0.3) is 0 Å². The Morgan fingerprint density at radius 3 is 2.68 bits per heavy atom. The molecule has 1 aliphatic heterocycles. The number of amides is 1. The van der Waals surface area contributed by atoms with E-state index < -0.39 is 0 Å². The van der Waals surface area contributed by atoms with Crippen LogP contribution in [0.5, 0.6) is 0 Å². The van der Waals surface area contributed by atoms with Gasteiger partial charge in [-0.25, -0.2) is 0 Å². The summed E-state index contributed by atoms with van der Waals surface area (Å²) in [6.45, 7) is 3.58. The van der Waals surface area contributed by atoms with Crippen molar-refractivity contribution >= 4 is 5.91 Å². The molecule has 0 spiro atoms. The van der Waals surface area contributed by atoms with Gasteiger partial charge in [-0.15, -0.1) is 0 Å². The Kier molecular flexibility index (Phi) is 5.86. The standard InChI is InChI=1S/C15H26N2O2/c16-15(18)13-6-5-9-17(12-13)10-11-19-14-7-3-1-2-4-8-14/h1-2,13-14H,3-12H2,(H2,16,18). The van der Waals surface area contributed by atoms with Crippen molar-refractivity contribution in [2.45, 2.75) is 44.6 Å². The summed E-state index contributed by atoms with van der Waals surface area (Å²) in [5, 5.41) is 0. The number of nitrogens with zero attached hydrogens (tertiary/aromatic N) is 1. The first-order chi connectivity index (χ1) is 9.25. The summed E-state index contributed by atoms with van der Waals surface area (Å²) in [5.41, 5.74) is 5.39. The minimum atomic E-state index is -0.152. The lowest BCUT2D eigenvalue weighted by Crippen LogP contribution is -2.42. The second-order valence-electron chi connectivity index (χ2n) is 5.66. The van der Waals surface area contributed by atoms with Gasteiger partial charge in [-0.05, 0) is 45.1 Å². The summed E-state index contributed by atoms with van der Waals surface area (Å²) < 4.78 is 5.96. The molecular formula is C15H26N2O2. The summed E-state index contributed by atoms with van der Waals surface area (Å²) in [4.78, 5) is 13.5. The molecule has 0 aromatic carbocycles. The average molecular weight is 266 g/mol. The van der Waals surface area contributed by atoms with Crippen molar-refractivity contribution < 1.29 is 9.53 Å². The number of primary amides is 1. The molecule has 0 radical (unpaired) electrons. The van der Waals surface area contributed by atoms with Crippen LogP contribution in [0, 0.1) is 5.92 Å². The Balaban J connectivity index is 1.63. The highest BCUT2D eigenvalue weighted by Crippen LogP contribution is 2.17. The molecule has 1 fully saturated rings. The zero-order chi connectivity index (χ0) is 13.5. The number of likely N-dealkylation sites (tertiary alicyclic amines) is 1. The molecule has 2 aliphatic rings. The highest BCUT2D eigenvalue weighted by molar-refractivity contribution is 5.76. The van der Waals surface area contributed by atoms with E-state index in [1.165, 1.54) is 0 Å². The smallest absolute Gasteiger partial charge is 0.221 e. The molecule has 1 heterocycles. The molecule has 2 rings (SSSR count). The van der Waals surface area contributed by atoms with Crippen molar-refractivity contribution in [3.8, 4) is 0 Å². The number of hydrogen-bond donors (Lipinski definition) is 1. The van der Waals surface area contributed by atoms with Gasteiger partial charge >= 0.3 is 0 Å². The first-order valence-corrected chi connectivity index (χ1v) is 7.54. The number of nitrogens with two attached hydrogens (primary N) is 1. The van der Waals surface area contributed by atoms with Gasteiger partial charge in [-0.2, -0.15) is 0 Å².